The number of aromatic nitrogens is 4. The fourth-order valence-corrected chi connectivity index (χ4v) is 3.12. The standard InChI is InChI=1S/C17H24N6O/c1-4-15-20-12(2)8-16(21-15)23-7-5-6-14(23)10-18-17(24)13-9-19-22(3)11-13/h8-9,11,14H,4-7,10H2,1-3H3,(H,18,24). The largest absolute Gasteiger partial charge is 0.352 e. The van der Waals surface area contributed by atoms with Gasteiger partial charge >= 0.3 is 0 Å². The number of nitrogens with zero attached hydrogens (tertiary/aromatic N) is 5. The van der Waals surface area contributed by atoms with Gasteiger partial charge in [0.05, 0.1) is 11.8 Å². The summed E-state index contributed by atoms with van der Waals surface area (Å²) in [6.07, 6.45) is 6.30. The first-order valence-electron chi connectivity index (χ1n) is 8.45. The zero-order valence-corrected chi connectivity index (χ0v) is 14.5. The van der Waals surface area contributed by atoms with Crippen LogP contribution in [0.4, 0.5) is 5.82 Å². The number of rotatable bonds is 5. The molecule has 24 heavy (non-hydrogen) atoms. The maximum absolute atomic E-state index is 12.2. The van der Waals surface area contributed by atoms with Gasteiger partial charge in [-0.2, -0.15) is 5.10 Å². The first-order valence-corrected chi connectivity index (χ1v) is 8.45. The summed E-state index contributed by atoms with van der Waals surface area (Å²) in [4.78, 5) is 23.6. The summed E-state index contributed by atoms with van der Waals surface area (Å²) in [5.41, 5.74) is 1.58. The highest BCUT2D eigenvalue weighted by Crippen LogP contribution is 2.24. The minimum atomic E-state index is -0.0805. The molecule has 7 heteroatoms. The van der Waals surface area contributed by atoms with Crippen molar-refractivity contribution in [2.45, 2.75) is 39.2 Å². The van der Waals surface area contributed by atoms with Gasteiger partial charge in [0.15, 0.2) is 0 Å². The van der Waals surface area contributed by atoms with Crippen LogP contribution in [-0.2, 0) is 13.5 Å². The molecule has 0 radical (unpaired) electrons. The molecule has 1 atom stereocenters. The third kappa shape index (κ3) is 3.55. The van der Waals surface area contributed by atoms with Crippen molar-refractivity contribution in [3.05, 3.63) is 35.5 Å². The lowest BCUT2D eigenvalue weighted by Crippen LogP contribution is -2.40. The van der Waals surface area contributed by atoms with E-state index >= 15 is 0 Å². The molecule has 2 aromatic heterocycles. The van der Waals surface area contributed by atoms with Gasteiger partial charge in [0.2, 0.25) is 0 Å². The smallest absolute Gasteiger partial charge is 0.254 e. The van der Waals surface area contributed by atoms with E-state index in [2.05, 4.69) is 32.2 Å². The van der Waals surface area contributed by atoms with Crippen molar-refractivity contribution < 1.29 is 4.79 Å². The number of hydrogen-bond acceptors (Lipinski definition) is 5. The first-order chi connectivity index (χ1) is 11.6. The Morgan fingerprint density at radius 1 is 1.42 bits per heavy atom. The summed E-state index contributed by atoms with van der Waals surface area (Å²) in [7, 11) is 1.80. The van der Waals surface area contributed by atoms with Gasteiger partial charge in [-0.25, -0.2) is 9.97 Å². The molecule has 1 aliphatic rings. The number of anilines is 1. The van der Waals surface area contributed by atoms with Crippen molar-refractivity contribution in [3.63, 3.8) is 0 Å². The van der Waals surface area contributed by atoms with Crippen molar-refractivity contribution in [1.29, 1.82) is 0 Å². The van der Waals surface area contributed by atoms with Crippen molar-refractivity contribution in [2.24, 2.45) is 7.05 Å². The molecule has 1 unspecified atom stereocenters. The lowest BCUT2D eigenvalue weighted by Gasteiger charge is -2.26. The van der Waals surface area contributed by atoms with Gasteiger partial charge in [-0.05, 0) is 19.8 Å². The average molecular weight is 328 g/mol. The van der Waals surface area contributed by atoms with E-state index < -0.39 is 0 Å². The van der Waals surface area contributed by atoms with Gasteiger partial charge in [-0.15, -0.1) is 0 Å². The second-order valence-corrected chi connectivity index (χ2v) is 6.24. The summed E-state index contributed by atoms with van der Waals surface area (Å²) in [5, 5.41) is 7.06. The normalized spacial score (nSPS) is 17.3. The highest BCUT2D eigenvalue weighted by atomic mass is 16.1. The van der Waals surface area contributed by atoms with E-state index in [0.717, 1.165) is 43.1 Å². The molecule has 128 valence electrons. The maximum atomic E-state index is 12.2. The Morgan fingerprint density at radius 2 is 2.25 bits per heavy atom. The Labute approximate surface area is 142 Å². The summed E-state index contributed by atoms with van der Waals surface area (Å²) in [6.45, 7) is 5.64. The van der Waals surface area contributed by atoms with Crippen LogP contribution in [0.15, 0.2) is 18.5 Å². The molecular weight excluding hydrogens is 304 g/mol. The molecule has 0 saturated carbocycles. The topological polar surface area (TPSA) is 75.9 Å². The summed E-state index contributed by atoms with van der Waals surface area (Å²) < 4.78 is 1.63. The summed E-state index contributed by atoms with van der Waals surface area (Å²) in [6, 6.07) is 2.30. The molecule has 3 heterocycles. The fourth-order valence-electron chi connectivity index (χ4n) is 3.12. The van der Waals surface area contributed by atoms with Crippen LogP contribution in [0, 0.1) is 6.92 Å². The van der Waals surface area contributed by atoms with E-state index in [9.17, 15) is 4.79 Å². The molecule has 0 aliphatic carbocycles. The molecule has 0 spiro atoms. The summed E-state index contributed by atoms with van der Waals surface area (Å²) >= 11 is 0. The van der Waals surface area contributed by atoms with Crippen LogP contribution in [0.25, 0.3) is 0 Å². The molecule has 1 saturated heterocycles. The van der Waals surface area contributed by atoms with Crippen LogP contribution < -0.4 is 10.2 Å². The number of aryl methyl sites for hydroxylation is 3. The Hall–Kier alpha value is -2.44. The van der Waals surface area contributed by atoms with Gasteiger partial charge in [0, 0.05) is 50.6 Å². The average Bonchev–Trinajstić information content (AvgIpc) is 3.20. The van der Waals surface area contributed by atoms with Crippen LogP contribution in [-0.4, -0.2) is 44.8 Å². The Balaban J connectivity index is 1.67. The van der Waals surface area contributed by atoms with Crippen LogP contribution >= 0.6 is 0 Å². The first kappa shape index (κ1) is 16.4. The predicted molar refractivity (Wildman–Crippen MR) is 92.1 cm³/mol. The second-order valence-electron chi connectivity index (χ2n) is 6.24. The van der Waals surface area contributed by atoms with Gasteiger partial charge in [-0.1, -0.05) is 6.92 Å². The van der Waals surface area contributed by atoms with E-state index in [1.807, 2.05) is 13.0 Å². The molecule has 1 aliphatic heterocycles. The SMILES string of the molecule is CCc1nc(C)cc(N2CCCC2CNC(=O)c2cnn(C)c2)n1. The van der Waals surface area contributed by atoms with Crippen molar-refractivity contribution in [1.82, 2.24) is 25.1 Å². The zero-order valence-electron chi connectivity index (χ0n) is 14.5. The van der Waals surface area contributed by atoms with E-state index in [4.69, 9.17) is 0 Å². The van der Waals surface area contributed by atoms with Gasteiger partial charge in [0.1, 0.15) is 11.6 Å². The lowest BCUT2D eigenvalue weighted by molar-refractivity contribution is 0.0951. The van der Waals surface area contributed by atoms with E-state index in [1.165, 1.54) is 0 Å². The lowest BCUT2D eigenvalue weighted by atomic mass is 10.2. The molecule has 1 fully saturated rings. The molecule has 2 aromatic rings. The second kappa shape index (κ2) is 6.98. The monoisotopic (exact) mass is 328 g/mol. The fraction of sp³-hybridized carbons (Fsp3) is 0.529. The maximum Gasteiger partial charge on any atom is 0.254 e. The Bertz CT molecular complexity index is 726. The van der Waals surface area contributed by atoms with E-state index in [0.29, 0.717) is 12.1 Å². The van der Waals surface area contributed by atoms with Gasteiger partial charge in [-0.3, -0.25) is 9.48 Å². The van der Waals surface area contributed by atoms with Crippen molar-refractivity contribution in [3.8, 4) is 0 Å². The molecule has 1 amide bonds. The van der Waals surface area contributed by atoms with Crippen LogP contribution in [0.5, 0.6) is 0 Å². The molecule has 0 aromatic carbocycles. The number of nitrogens with one attached hydrogen (secondary N) is 1. The van der Waals surface area contributed by atoms with Crippen LogP contribution in [0.3, 0.4) is 0 Å². The van der Waals surface area contributed by atoms with Gasteiger partial charge in [0.25, 0.3) is 5.91 Å². The molecule has 1 N–H and O–H groups in total. The molecule has 3 rings (SSSR count). The number of hydrogen-bond donors (Lipinski definition) is 1. The number of carbonyl (C=O) groups excluding carboxylic acids is 1. The summed E-state index contributed by atoms with van der Waals surface area (Å²) in [5.74, 6) is 1.76. The highest BCUT2D eigenvalue weighted by molar-refractivity contribution is 5.93. The minimum absolute atomic E-state index is 0.0805. The zero-order chi connectivity index (χ0) is 17.1. The number of amides is 1. The van der Waals surface area contributed by atoms with Crippen molar-refractivity contribution in [2.75, 3.05) is 18.0 Å². The van der Waals surface area contributed by atoms with Crippen LogP contribution in [0.1, 0.15) is 41.6 Å². The van der Waals surface area contributed by atoms with Crippen LogP contribution in [0.2, 0.25) is 0 Å². The number of carbonyl (C=O) groups is 1. The predicted octanol–water partition coefficient (Wildman–Crippen LogP) is 1.48. The third-order valence-corrected chi connectivity index (χ3v) is 4.34. The third-order valence-electron chi connectivity index (χ3n) is 4.34. The molecule has 0 bridgehead atoms. The minimum Gasteiger partial charge on any atom is -0.352 e. The quantitative estimate of drug-likeness (QED) is 0.900. The Kier molecular flexibility index (Phi) is 4.78. The van der Waals surface area contributed by atoms with E-state index in [-0.39, 0.29) is 11.9 Å². The Morgan fingerprint density at radius 3 is 2.96 bits per heavy atom. The van der Waals surface area contributed by atoms with Crippen molar-refractivity contribution >= 4 is 11.7 Å². The van der Waals surface area contributed by atoms with Gasteiger partial charge < -0.3 is 10.2 Å². The highest BCUT2D eigenvalue weighted by Gasteiger charge is 2.26. The molecule has 7 nitrogen and oxygen atoms in total. The molecular formula is C17H24N6O. The van der Waals surface area contributed by atoms with E-state index in [1.54, 1.807) is 24.1 Å².